The van der Waals surface area contributed by atoms with E-state index in [1.807, 2.05) is 0 Å². The Morgan fingerprint density at radius 2 is 1.65 bits per heavy atom. The largest absolute Gasteiger partial charge is 0.483 e. The number of hydrogen-bond acceptors (Lipinski definition) is 3. The van der Waals surface area contributed by atoms with Gasteiger partial charge in [0, 0.05) is 31.7 Å². The molecule has 2 rings (SSSR count). The van der Waals surface area contributed by atoms with E-state index in [9.17, 15) is 31.1 Å². The molecule has 11 heteroatoms. The third-order valence-corrected chi connectivity index (χ3v) is 4.48. The van der Waals surface area contributed by atoms with Crippen LogP contribution in [0.3, 0.4) is 0 Å². The van der Waals surface area contributed by atoms with Crippen LogP contribution in [-0.4, -0.2) is 67.4 Å². The lowest BCUT2D eigenvalue weighted by molar-refractivity contribution is -0.153. The van der Waals surface area contributed by atoms with Crippen molar-refractivity contribution in [2.75, 3.05) is 39.3 Å². The topological polar surface area (TPSA) is 32.8 Å². The van der Waals surface area contributed by atoms with Crippen molar-refractivity contribution in [2.24, 2.45) is 0 Å². The summed E-state index contributed by atoms with van der Waals surface area (Å²) in [5.41, 5.74) is 0.248. The molecule has 1 heterocycles. The summed E-state index contributed by atoms with van der Waals surface area (Å²) < 4.78 is 78.7. The Hall–Kier alpha value is -1.24. The van der Waals surface area contributed by atoms with Gasteiger partial charge in [0.1, 0.15) is 5.75 Å². The molecule has 1 fully saturated rings. The Balaban J connectivity index is 1.95. The highest BCUT2D eigenvalue weighted by atomic mass is 127. The smallest absolute Gasteiger partial charge is 0.422 e. The van der Waals surface area contributed by atoms with Crippen LogP contribution in [0.1, 0.15) is 10.4 Å². The van der Waals surface area contributed by atoms with E-state index in [-0.39, 0.29) is 43.4 Å². The maximum atomic E-state index is 12.4. The number of alkyl halides is 6. The van der Waals surface area contributed by atoms with Crippen LogP contribution in [0.5, 0.6) is 5.75 Å². The fourth-order valence-corrected chi connectivity index (χ4v) is 3.13. The zero-order valence-electron chi connectivity index (χ0n) is 13.3. The minimum atomic E-state index is -4.46. The number of piperazine rings is 1. The number of hydrogen-bond donors (Lipinski definition) is 0. The van der Waals surface area contributed by atoms with Gasteiger partial charge in [0.2, 0.25) is 0 Å². The summed E-state index contributed by atoms with van der Waals surface area (Å²) in [5, 5.41) is 0. The lowest BCUT2D eigenvalue weighted by atomic mass is 10.1. The van der Waals surface area contributed by atoms with Gasteiger partial charge >= 0.3 is 12.4 Å². The molecule has 1 aliphatic rings. The highest BCUT2D eigenvalue weighted by Crippen LogP contribution is 2.26. The second-order valence-electron chi connectivity index (χ2n) is 5.73. The molecule has 0 aliphatic carbocycles. The number of carbonyl (C=O) groups excluding carboxylic acids is 1. The number of carbonyl (C=O) groups is 1. The predicted octanol–water partition coefficient (Wildman–Crippen LogP) is 3.55. The monoisotopic (exact) mass is 496 g/mol. The van der Waals surface area contributed by atoms with Crippen molar-refractivity contribution >= 4 is 28.5 Å². The molecule has 146 valence electrons. The van der Waals surface area contributed by atoms with Crippen molar-refractivity contribution in [3.05, 3.63) is 27.3 Å². The van der Waals surface area contributed by atoms with Gasteiger partial charge in [-0.15, -0.1) is 0 Å². The van der Waals surface area contributed by atoms with Crippen LogP contribution in [0.4, 0.5) is 26.3 Å². The molecule has 0 N–H and O–H groups in total. The highest BCUT2D eigenvalue weighted by molar-refractivity contribution is 14.1. The molecule has 0 atom stereocenters. The molecule has 1 aromatic rings. The fourth-order valence-electron chi connectivity index (χ4n) is 2.46. The van der Waals surface area contributed by atoms with Crippen LogP contribution in [0.25, 0.3) is 0 Å². The maximum absolute atomic E-state index is 12.4. The van der Waals surface area contributed by atoms with Crippen molar-refractivity contribution in [1.82, 2.24) is 9.80 Å². The Bertz CT molecular complexity index is 642. The molecule has 0 radical (unpaired) electrons. The fraction of sp³-hybridized carbons (Fsp3) is 0.533. The van der Waals surface area contributed by atoms with Gasteiger partial charge in [-0.2, -0.15) is 26.3 Å². The third kappa shape index (κ3) is 6.49. The number of nitrogens with zero attached hydrogens (tertiary/aromatic N) is 2. The summed E-state index contributed by atoms with van der Waals surface area (Å²) in [6, 6.07) is 4.02. The average molecular weight is 496 g/mol. The number of benzene rings is 1. The van der Waals surface area contributed by atoms with Crippen LogP contribution >= 0.6 is 22.6 Å². The van der Waals surface area contributed by atoms with Gasteiger partial charge in [0.05, 0.1) is 10.1 Å². The highest BCUT2D eigenvalue weighted by Gasteiger charge is 2.33. The molecule has 0 saturated carbocycles. The van der Waals surface area contributed by atoms with E-state index >= 15 is 0 Å². The van der Waals surface area contributed by atoms with Gasteiger partial charge in [-0.05, 0) is 40.8 Å². The van der Waals surface area contributed by atoms with Gasteiger partial charge in [-0.1, -0.05) is 0 Å². The van der Waals surface area contributed by atoms with Crippen LogP contribution in [0.15, 0.2) is 18.2 Å². The summed E-state index contributed by atoms with van der Waals surface area (Å²) in [6.45, 7) is -1.94. The van der Waals surface area contributed by atoms with Crippen molar-refractivity contribution in [1.29, 1.82) is 0 Å². The summed E-state index contributed by atoms with van der Waals surface area (Å²) in [6.07, 6.45) is -8.75. The van der Waals surface area contributed by atoms with Gasteiger partial charge in [-0.25, -0.2) is 0 Å². The summed E-state index contributed by atoms with van der Waals surface area (Å²) >= 11 is 1.76. The third-order valence-electron chi connectivity index (χ3n) is 3.63. The van der Waals surface area contributed by atoms with Gasteiger partial charge < -0.3 is 9.64 Å². The molecular formula is C15H15F6IN2O2. The van der Waals surface area contributed by atoms with Crippen molar-refractivity contribution in [2.45, 2.75) is 12.4 Å². The molecule has 0 spiro atoms. The SMILES string of the molecule is O=C(c1ccc(OCC(F)(F)F)c(I)c1)N1CCN(CC(F)(F)F)CC1. The molecular weight excluding hydrogens is 481 g/mol. The molecule has 4 nitrogen and oxygen atoms in total. The standard InChI is InChI=1S/C15H15F6IN2O2/c16-14(17,18)8-23-3-5-24(6-4-23)13(25)10-1-2-12(11(22)7-10)26-9-15(19,20)21/h1-2,7H,3-6,8-9H2. The molecule has 1 saturated heterocycles. The molecule has 26 heavy (non-hydrogen) atoms. The minimum Gasteiger partial charge on any atom is -0.483 e. The minimum absolute atomic E-state index is 0.00877. The van der Waals surface area contributed by atoms with E-state index < -0.39 is 25.5 Å². The molecule has 0 aromatic heterocycles. The average Bonchev–Trinajstić information content (AvgIpc) is 2.51. The van der Waals surface area contributed by atoms with Crippen LogP contribution in [-0.2, 0) is 0 Å². The first-order valence-electron chi connectivity index (χ1n) is 7.52. The molecule has 1 amide bonds. The first kappa shape index (κ1) is 21.1. The van der Waals surface area contributed by atoms with Gasteiger partial charge in [0.15, 0.2) is 6.61 Å². The molecule has 0 unspecified atom stereocenters. The zero-order chi connectivity index (χ0) is 19.5. The maximum Gasteiger partial charge on any atom is 0.422 e. The molecule has 1 aliphatic heterocycles. The summed E-state index contributed by atoms with van der Waals surface area (Å²) in [7, 11) is 0. The quantitative estimate of drug-likeness (QED) is 0.473. The second kappa shape index (κ2) is 8.19. The van der Waals surface area contributed by atoms with E-state index in [0.29, 0.717) is 3.57 Å². The Labute approximate surface area is 159 Å². The number of ether oxygens (including phenoxy) is 1. The Morgan fingerprint density at radius 3 is 2.15 bits per heavy atom. The Kier molecular flexibility index (Phi) is 6.64. The normalized spacial score (nSPS) is 16.7. The van der Waals surface area contributed by atoms with E-state index in [1.54, 1.807) is 22.6 Å². The Morgan fingerprint density at radius 1 is 1.04 bits per heavy atom. The van der Waals surface area contributed by atoms with Gasteiger partial charge in [0.25, 0.3) is 5.91 Å². The van der Waals surface area contributed by atoms with Crippen molar-refractivity contribution < 1.29 is 35.9 Å². The lowest BCUT2D eigenvalue weighted by Gasteiger charge is -2.35. The van der Waals surface area contributed by atoms with Crippen molar-refractivity contribution in [3.8, 4) is 5.75 Å². The van der Waals surface area contributed by atoms with E-state index in [2.05, 4.69) is 4.74 Å². The summed E-state index contributed by atoms with van der Waals surface area (Å²) in [5.74, 6) is -0.369. The zero-order valence-corrected chi connectivity index (χ0v) is 15.5. The van der Waals surface area contributed by atoms with Gasteiger partial charge in [-0.3, -0.25) is 9.69 Å². The molecule has 1 aromatic carbocycles. The predicted molar refractivity (Wildman–Crippen MR) is 89.1 cm³/mol. The molecule has 0 bridgehead atoms. The lowest BCUT2D eigenvalue weighted by Crippen LogP contribution is -2.50. The number of amides is 1. The second-order valence-corrected chi connectivity index (χ2v) is 6.89. The number of rotatable bonds is 4. The van der Waals surface area contributed by atoms with Crippen LogP contribution in [0.2, 0.25) is 0 Å². The summed E-state index contributed by atoms with van der Waals surface area (Å²) in [4.78, 5) is 15.1. The van der Waals surface area contributed by atoms with E-state index in [0.717, 1.165) is 0 Å². The van der Waals surface area contributed by atoms with Crippen LogP contribution < -0.4 is 4.74 Å². The first-order chi connectivity index (χ1) is 11.9. The van der Waals surface area contributed by atoms with E-state index in [4.69, 9.17) is 0 Å². The van der Waals surface area contributed by atoms with Crippen LogP contribution in [0, 0.1) is 3.57 Å². The van der Waals surface area contributed by atoms with Crippen molar-refractivity contribution in [3.63, 3.8) is 0 Å². The van der Waals surface area contributed by atoms with E-state index in [1.165, 1.54) is 28.0 Å². The first-order valence-corrected chi connectivity index (χ1v) is 8.60. The number of halogens is 7.